The first-order valence-corrected chi connectivity index (χ1v) is 11.3. The second-order valence-corrected chi connectivity index (χ2v) is 9.74. The van der Waals surface area contributed by atoms with Crippen LogP contribution in [-0.4, -0.2) is 42.9 Å². The maximum absolute atomic E-state index is 13.0. The Hall–Kier alpha value is -2.44. The molecule has 4 saturated carbocycles. The summed E-state index contributed by atoms with van der Waals surface area (Å²) in [5.41, 5.74) is 0.563. The van der Waals surface area contributed by atoms with Gasteiger partial charge in [0, 0.05) is 25.6 Å². The summed E-state index contributed by atoms with van der Waals surface area (Å²) in [6, 6.07) is 5.89. The van der Waals surface area contributed by atoms with Gasteiger partial charge in [-0.2, -0.15) is 0 Å². The molecule has 4 fully saturated rings. The lowest BCUT2D eigenvalue weighted by molar-refractivity contribution is -0.152. The van der Waals surface area contributed by atoms with Gasteiger partial charge in [-0.3, -0.25) is 14.4 Å². The predicted molar refractivity (Wildman–Crippen MR) is 112 cm³/mol. The van der Waals surface area contributed by atoms with E-state index >= 15 is 0 Å². The molecule has 4 bridgehead atoms. The summed E-state index contributed by atoms with van der Waals surface area (Å²) in [6.45, 7) is 0.191. The maximum atomic E-state index is 13.0. The molecule has 0 radical (unpaired) electrons. The van der Waals surface area contributed by atoms with E-state index in [1.807, 2.05) is 0 Å². The van der Waals surface area contributed by atoms with Crippen LogP contribution in [0.3, 0.4) is 0 Å². The highest BCUT2D eigenvalue weighted by Crippen LogP contribution is 2.60. The lowest BCUT2D eigenvalue weighted by atomic mass is 9.49. The van der Waals surface area contributed by atoms with E-state index in [-0.39, 0.29) is 42.6 Å². The van der Waals surface area contributed by atoms with E-state index in [0.717, 1.165) is 24.8 Å². The van der Waals surface area contributed by atoms with E-state index in [2.05, 4.69) is 5.32 Å². The monoisotopic (exact) mass is 430 g/mol. The Balaban J connectivity index is 1.15. The molecule has 0 aliphatic heterocycles. The van der Waals surface area contributed by atoms with Gasteiger partial charge in [-0.25, -0.2) is 4.39 Å². The van der Waals surface area contributed by atoms with Crippen LogP contribution in [0.4, 0.5) is 4.39 Å². The molecule has 4 aliphatic rings. The van der Waals surface area contributed by atoms with Gasteiger partial charge in [0.05, 0.1) is 6.42 Å². The summed E-state index contributed by atoms with van der Waals surface area (Å²) in [6.07, 6.45) is 6.86. The Labute approximate surface area is 182 Å². The minimum absolute atomic E-state index is 0.0487. The van der Waals surface area contributed by atoms with E-state index in [9.17, 15) is 18.8 Å². The number of likely N-dealkylation sites (N-methyl/N-ethyl adjacent to an activating group) is 1. The number of carbonyl (C=O) groups excluding carboxylic acids is 3. The van der Waals surface area contributed by atoms with Crippen molar-refractivity contribution in [2.75, 3.05) is 20.2 Å². The average Bonchev–Trinajstić information content (AvgIpc) is 2.72. The van der Waals surface area contributed by atoms with Gasteiger partial charge < -0.3 is 15.0 Å². The molecule has 5 rings (SSSR count). The number of hydrogen-bond acceptors (Lipinski definition) is 4. The molecular weight excluding hydrogens is 399 g/mol. The number of nitrogens with one attached hydrogen (secondary N) is 1. The summed E-state index contributed by atoms with van der Waals surface area (Å²) in [4.78, 5) is 38.5. The molecule has 168 valence electrons. The fourth-order valence-corrected chi connectivity index (χ4v) is 6.13. The minimum atomic E-state index is -0.505. The van der Waals surface area contributed by atoms with Gasteiger partial charge in [0.1, 0.15) is 5.82 Å². The van der Waals surface area contributed by atoms with Crippen LogP contribution in [0.15, 0.2) is 24.3 Å². The van der Waals surface area contributed by atoms with Crippen molar-refractivity contribution in [2.45, 2.75) is 51.5 Å². The van der Waals surface area contributed by atoms with Crippen LogP contribution in [0.2, 0.25) is 0 Å². The number of carbonyl (C=O) groups is 3. The first-order chi connectivity index (χ1) is 14.8. The van der Waals surface area contributed by atoms with Crippen molar-refractivity contribution in [1.82, 2.24) is 10.2 Å². The quantitative estimate of drug-likeness (QED) is 0.644. The largest absolute Gasteiger partial charge is 0.456 e. The Kier molecular flexibility index (Phi) is 6.30. The number of benzene rings is 1. The number of rotatable bonds is 8. The second-order valence-electron chi connectivity index (χ2n) is 9.74. The average molecular weight is 431 g/mol. The summed E-state index contributed by atoms with van der Waals surface area (Å²) in [5.74, 6) is 1.00. The van der Waals surface area contributed by atoms with Gasteiger partial charge in [0.25, 0.3) is 5.91 Å². The lowest BCUT2D eigenvalue weighted by Crippen LogP contribution is -2.53. The van der Waals surface area contributed by atoms with Crippen LogP contribution in [0.25, 0.3) is 0 Å². The topological polar surface area (TPSA) is 75.7 Å². The number of halogens is 1. The fourth-order valence-electron chi connectivity index (χ4n) is 6.13. The zero-order valence-corrected chi connectivity index (χ0v) is 18.1. The number of amides is 2. The molecule has 0 heterocycles. The van der Waals surface area contributed by atoms with Crippen molar-refractivity contribution in [3.63, 3.8) is 0 Å². The zero-order valence-electron chi connectivity index (χ0n) is 18.1. The molecule has 1 aromatic rings. The molecular formula is C24H31FN2O4. The molecule has 0 aromatic heterocycles. The van der Waals surface area contributed by atoms with Crippen LogP contribution in [0.5, 0.6) is 0 Å². The smallest absolute Gasteiger partial charge is 0.308 e. The van der Waals surface area contributed by atoms with Crippen LogP contribution >= 0.6 is 0 Å². The summed E-state index contributed by atoms with van der Waals surface area (Å²) < 4.78 is 18.0. The lowest BCUT2D eigenvalue weighted by Gasteiger charge is -2.55. The standard InChI is InChI=1S/C24H31FN2O4/c1-27(14-16-2-4-20(25)5-3-16)21(28)15-31-22(29)6-7-26-23(30)24-11-17-8-18(12-24)10-19(9-17)13-24/h2-5,17-19H,6-15H2,1H3,(H,26,30). The summed E-state index contributed by atoms with van der Waals surface area (Å²) >= 11 is 0. The number of hydrogen-bond donors (Lipinski definition) is 1. The molecule has 2 amide bonds. The van der Waals surface area contributed by atoms with Gasteiger partial charge >= 0.3 is 5.97 Å². The normalized spacial score (nSPS) is 28.3. The Morgan fingerprint density at radius 3 is 2.23 bits per heavy atom. The number of esters is 1. The van der Waals surface area contributed by atoms with Crippen molar-refractivity contribution in [3.05, 3.63) is 35.6 Å². The van der Waals surface area contributed by atoms with Crippen molar-refractivity contribution in [3.8, 4) is 0 Å². The first kappa shape index (κ1) is 21.8. The predicted octanol–water partition coefficient (Wildman–Crippen LogP) is 3.05. The van der Waals surface area contributed by atoms with Crippen molar-refractivity contribution < 1.29 is 23.5 Å². The molecule has 0 saturated heterocycles. The van der Waals surface area contributed by atoms with Gasteiger partial charge in [-0.05, 0) is 74.0 Å². The van der Waals surface area contributed by atoms with Crippen molar-refractivity contribution >= 4 is 17.8 Å². The third-order valence-electron chi connectivity index (χ3n) is 7.25. The molecule has 1 aromatic carbocycles. The Morgan fingerprint density at radius 2 is 1.65 bits per heavy atom. The van der Waals surface area contributed by atoms with Crippen LogP contribution in [0, 0.1) is 29.0 Å². The van der Waals surface area contributed by atoms with Gasteiger partial charge in [0.15, 0.2) is 6.61 Å². The third kappa shape index (κ3) is 5.08. The van der Waals surface area contributed by atoms with E-state index in [1.165, 1.54) is 36.3 Å². The minimum Gasteiger partial charge on any atom is -0.456 e. The molecule has 6 nitrogen and oxygen atoms in total. The molecule has 31 heavy (non-hydrogen) atoms. The molecule has 0 unspecified atom stereocenters. The highest BCUT2D eigenvalue weighted by atomic mass is 19.1. The van der Waals surface area contributed by atoms with Gasteiger partial charge in [0.2, 0.25) is 5.91 Å². The summed E-state index contributed by atoms with van der Waals surface area (Å²) in [5, 5.41) is 2.95. The van der Waals surface area contributed by atoms with E-state index < -0.39 is 5.97 Å². The summed E-state index contributed by atoms with van der Waals surface area (Å²) in [7, 11) is 1.60. The number of nitrogens with zero attached hydrogens (tertiary/aromatic N) is 1. The fraction of sp³-hybridized carbons (Fsp3) is 0.625. The molecule has 1 N–H and O–H groups in total. The third-order valence-corrected chi connectivity index (χ3v) is 7.25. The first-order valence-electron chi connectivity index (χ1n) is 11.3. The molecule has 0 atom stereocenters. The van der Waals surface area contributed by atoms with Crippen LogP contribution in [0.1, 0.15) is 50.5 Å². The molecule has 0 spiro atoms. The van der Waals surface area contributed by atoms with Crippen molar-refractivity contribution in [1.29, 1.82) is 0 Å². The number of ether oxygens (including phenoxy) is 1. The second kappa shape index (κ2) is 8.97. The van der Waals surface area contributed by atoms with E-state index in [4.69, 9.17) is 4.74 Å². The van der Waals surface area contributed by atoms with Crippen LogP contribution < -0.4 is 5.32 Å². The Morgan fingerprint density at radius 1 is 1.06 bits per heavy atom. The Bertz CT molecular complexity index is 803. The van der Waals surface area contributed by atoms with E-state index in [0.29, 0.717) is 24.3 Å². The highest BCUT2D eigenvalue weighted by Gasteiger charge is 2.54. The van der Waals surface area contributed by atoms with Crippen LogP contribution in [-0.2, 0) is 25.7 Å². The van der Waals surface area contributed by atoms with Crippen molar-refractivity contribution in [2.24, 2.45) is 23.2 Å². The highest BCUT2D eigenvalue weighted by molar-refractivity contribution is 5.84. The SMILES string of the molecule is CN(Cc1ccc(F)cc1)C(=O)COC(=O)CCNC(=O)C12CC3CC(CC(C3)C1)C2. The zero-order chi connectivity index (χ0) is 22.0. The van der Waals surface area contributed by atoms with E-state index in [1.54, 1.807) is 19.2 Å². The molecule has 4 aliphatic carbocycles. The molecule has 7 heteroatoms. The van der Waals surface area contributed by atoms with Gasteiger partial charge in [-0.1, -0.05) is 12.1 Å². The maximum Gasteiger partial charge on any atom is 0.308 e. The van der Waals surface area contributed by atoms with Gasteiger partial charge in [-0.15, -0.1) is 0 Å².